The molecule has 3 aromatic rings. The Bertz CT molecular complexity index is 1060. The molecule has 0 bridgehead atoms. The number of benzene rings is 1. The minimum Gasteiger partial charge on any atom is -0.326 e. The fourth-order valence-corrected chi connectivity index (χ4v) is 4.10. The largest absolute Gasteiger partial charge is 0.433 e. The molecule has 31 heavy (non-hydrogen) atoms. The van der Waals surface area contributed by atoms with E-state index in [4.69, 9.17) is 0 Å². The van der Waals surface area contributed by atoms with E-state index in [2.05, 4.69) is 5.10 Å². The molecule has 0 aliphatic carbocycles. The van der Waals surface area contributed by atoms with E-state index in [0.29, 0.717) is 22.6 Å². The molecule has 0 radical (unpaired) electrons. The van der Waals surface area contributed by atoms with E-state index in [1.54, 1.807) is 12.1 Å². The van der Waals surface area contributed by atoms with Crippen molar-refractivity contribution in [2.24, 2.45) is 7.05 Å². The van der Waals surface area contributed by atoms with E-state index >= 15 is 0 Å². The molecule has 0 atom stereocenters. The Morgan fingerprint density at radius 1 is 1.13 bits per heavy atom. The van der Waals surface area contributed by atoms with Crippen LogP contribution in [0.2, 0.25) is 0 Å². The van der Waals surface area contributed by atoms with Crippen molar-refractivity contribution in [2.75, 3.05) is 6.54 Å². The van der Waals surface area contributed by atoms with E-state index in [-0.39, 0.29) is 30.5 Å². The monoisotopic (exact) mass is 449 g/mol. The van der Waals surface area contributed by atoms with Gasteiger partial charge in [-0.1, -0.05) is 37.3 Å². The molecular formula is C22H22F3N3O2S. The van der Waals surface area contributed by atoms with Gasteiger partial charge in [0.05, 0.1) is 16.3 Å². The summed E-state index contributed by atoms with van der Waals surface area (Å²) in [6, 6.07) is 13.4. The highest BCUT2D eigenvalue weighted by molar-refractivity contribution is 7.17. The summed E-state index contributed by atoms with van der Waals surface area (Å²) in [7, 11) is 1.23. The van der Waals surface area contributed by atoms with Gasteiger partial charge in [0.25, 0.3) is 5.91 Å². The lowest BCUT2D eigenvalue weighted by Gasteiger charge is -2.21. The third-order valence-electron chi connectivity index (χ3n) is 4.64. The van der Waals surface area contributed by atoms with E-state index in [0.717, 1.165) is 27.6 Å². The SMILES string of the molecule is CCCC(=O)CN(Cc1ccccc1)C(=O)c1ccc(-c2cc(C(F)(F)F)n(C)n2)s1. The maximum absolute atomic E-state index is 13.1. The van der Waals surface area contributed by atoms with Gasteiger partial charge in [-0.3, -0.25) is 14.3 Å². The van der Waals surface area contributed by atoms with Gasteiger partial charge < -0.3 is 4.90 Å². The van der Waals surface area contributed by atoms with Crippen LogP contribution >= 0.6 is 11.3 Å². The summed E-state index contributed by atoms with van der Waals surface area (Å²) in [5.74, 6) is -0.375. The van der Waals surface area contributed by atoms with E-state index in [1.165, 1.54) is 11.9 Å². The number of thiophene rings is 1. The molecule has 0 N–H and O–H groups in total. The van der Waals surface area contributed by atoms with Gasteiger partial charge in [0.15, 0.2) is 5.78 Å². The number of carbonyl (C=O) groups is 2. The van der Waals surface area contributed by atoms with Crippen molar-refractivity contribution in [1.82, 2.24) is 14.7 Å². The number of alkyl halides is 3. The summed E-state index contributed by atoms with van der Waals surface area (Å²) in [5.41, 5.74) is 0.173. The molecule has 2 heterocycles. The van der Waals surface area contributed by atoms with Gasteiger partial charge in [-0.15, -0.1) is 11.3 Å². The number of halogens is 3. The fourth-order valence-electron chi connectivity index (χ4n) is 3.17. The number of aryl methyl sites for hydroxylation is 1. The standard InChI is InChI=1S/C22H22F3N3O2S/c1-3-7-16(29)14-28(13-15-8-5-4-6-9-15)21(30)19-11-10-18(31-19)17-12-20(22(23,24)25)27(2)26-17/h4-6,8-12H,3,7,13-14H2,1-2H3. The van der Waals surface area contributed by atoms with Gasteiger partial charge in [-0.05, 0) is 30.2 Å². The number of carbonyl (C=O) groups excluding carboxylic acids is 2. The Hall–Kier alpha value is -2.94. The molecule has 0 aliphatic heterocycles. The lowest BCUT2D eigenvalue weighted by molar-refractivity contribution is -0.143. The number of nitrogens with zero attached hydrogens (tertiary/aromatic N) is 3. The van der Waals surface area contributed by atoms with Crippen LogP contribution in [-0.4, -0.2) is 32.9 Å². The van der Waals surface area contributed by atoms with Crippen LogP contribution in [0.3, 0.4) is 0 Å². The molecule has 0 fully saturated rings. The Morgan fingerprint density at radius 2 is 1.84 bits per heavy atom. The average Bonchev–Trinajstić information content (AvgIpc) is 3.34. The molecule has 5 nitrogen and oxygen atoms in total. The van der Waals surface area contributed by atoms with Gasteiger partial charge >= 0.3 is 6.18 Å². The molecule has 9 heteroatoms. The highest BCUT2D eigenvalue weighted by atomic mass is 32.1. The van der Waals surface area contributed by atoms with E-state index in [1.807, 2.05) is 37.3 Å². The molecule has 0 unspecified atom stereocenters. The summed E-state index contributed by atoms with van der Waals surface area (Å²) < 4.78 is 40.0. The van der Waals surface area contributed by atoms with Crippen molar-refractivity contribution in [1.29, 1.82) is 0 Å². The first-order valence-corrected chi connectivity index (χ1v) is 10.6. The molecule has 1 aromatic carbocycles. The second-order valence-corrected chi connectivity index (χ2v) is 8.22. The third-order valence-corrected chi connectivity index (χ3v) is 5.73. The molecule has 164 valence electrons. The molecule has 0 saturated carbocycles. The normalized spacial score (nSPS) is 11.5. The summed E-state index contributed by atoms with van der Waals surface area (Å²) in [4.78, 5) is 27.6. The zero-order valence-electron chi connectivity index (χ0n) is 17.1. The summed E-state index contributed by atoms with van der Waals surface area (Å²) in [5, 5.41) is 3.93. The molecule has 0 aliphatic rings. The zero-order chi connectivity index (χ0) is 22.6. The predicted octanol–water partition coefficient (Wildman–Crippen LogP) is 5.18. The van der Waals surface area contributed by atoms with Crippen LogP contribution in [0.5, 0.6) is 0 Å². The average molecular weight is 449 g/mol. The van der Waals surface area contributed by atoms with Crippen LogP contribution in [0.25, 0.3) is 10.6 Å². The number of amides is 1. The predicted molar refractivity (Wildman–Crippen MR) is 113 cm³/mol. The first kappa shape index (κ1) is 22.7. The van der Waals surface area contributed by atoms with Crippen LogP contribution in [0.1, 0.15) is 40.7 Å². The van der Waals surface area contributed by atoms with Crippen LogP contribution < -0.4 is 0 Å². The summed E-state index contributed by atoms with van der Waals surface area (Å²) >= 11 is 1.06. The minimum absolute atomic E-state index is 0.0173. The quantitative estimate of drug-likeness (QED) is 0.476. The first-order valence-electron chi connectivity index (χ1n) is 9.75. The molecule has 0 saturated heterocycles. The highest BCUT2D eigenvalue weighted by Crippen LogP contribution is 2.34. The number of hydrogen-bond donors (Lipinski definition) is 0. The molecule has 2 aromatic heterocycles. The number of ketones is 1. The van der Waals surface area contributed by atoms with Crippen molar-refractivity contribution in [3.05, 3.63) is 64.7 Å². The summed E-state index contributed by atoms with van der Waals surface area (Å²) in [6.07, 6.45) is -3.44. The van der Waals surface area contributed by atoms with Gasteiger partial charge in [-0.2, -0.15) is 18.3 Å². The van der Waals surface area contributed by atoms with Crippen LogP contribution in [0.4, 0.5) is 13.2 Å². The third kappa shape index (κ3) is 5.61. The molecule has 3 rings (SSSR count). The Balaban J connectivity index is 1.85. The topological polar surface area (TPSA) is 55.2 Å². The Kier molecular flexibility index (Phi) is 6.94. The second-order valence-electron chi connectivity index (χ2n) is 7.14. The van der Waals surface area contributed by atoms with Crippen molar-refractivity contribution in [2.45, 2.75) is 32.5 Å². The van der Waals surface area contributed by atoms with Gasteiger partial charge in [0.2, 0.25) is 0 Å². The fraction of sp³-hybridized carbons (Fsp3) is 0.318. The maximum atomic E-state index is 13.1. The maximum Gasteiger partial charge on any atom is 0.433 e. The van der Waals surface area contributed by atoms with Crippen molar-refractivity contribution < 1.29 is 22.8 Å². The molecular weight excluding hydrogens is 427 g/mol. The first-order chi connectivity index (χ1) is 14.7. The number of hydrogen-bond acceptors (Lipinski definition) is 4. The van der Waals surface area contributed by atoms with Crippen LogP contribution in [0, 0.1) is 0 Å². The minimum atomic E-state index is -4.51. The Labute approximate surface area is 182 Å². The van der Waals surface area contributed by atoms with E-state index in [9.17, 15) is 22.8 Å². The second kappa shape index (κ2) is 9.47. The van der Waals surface area contributed by atoms with Crippen LogP contribution in [0.15, 0.2) is 48.5 Å². The highest BCUT2D eigenvalue weighted by Gasteiger charge is 2.35. The Morgan fingerprint density at radius 3 is 2.45 bits per heavy atom. The number of Topliss-reactive ketones (excluding diaryl/α,β-unsaturated/α-hetero) is 1. The number of rotatable bonds is 8. The lowest BCUT2D eigenvalue weighted by atomic mass is 10.1. The van der Waals surface area contributed by atoms with Crippen molar-refractivity contribution >= 4 is 23.0 Å². The van der Waals surface area contributed by atoms with Crippen molar-refractivity contribution in [3.8, 4) is 10.6 Å². The number of aromatic nitrogens is 2. The smallest absolute Gasteiger partial charge is 0.326 e. The zero-order valence-corrected chi connectivity index (χ0v) is 18.0. The van der Waals surface area contributed by atoms with E-state index < -0.39 is 11.9 Å². The van der Waals surface area contributed by atoms with Crippen molar-refractivity contribution in [3.63, 3.8) is 0 Å². The van der Waals surface area contributed by atoms with Gasteiger partial charge in [-0.25, -0.2) is 0 Å². The summed E-state index contributed by atoms with van der Waals surface area (Å²) in [6.45, 7) is 2.15. The lowest BCUT2D eigenvalue weighted by Crippen LogP contribution is -2.34. The van der Waals surface area contributed by atoms with Gasteiger partial charge in [0.1, 0.15) is 11.4 Å². The van der Waals surface area contributed by atoms with Gasteiger partial charge in [0, 0.05) is 20.0 Å². The molecule has 1 amide bonds. The van der Waals surface area contributed by atoms with Crippen LogP contribution in [-0.2, 0) is 24.6 Å². The molecule has 0 spiro atoms.